The van der Waals surface area contributed by atoms with E-state index >= 15 is 0 Å². The number of hydrogen-bond acceptors (Lipinski definition) is 5. The van der Waals surface area contributed by atoms with E-state index in [1.165, 1.54) is 23.5 Å². The van der Waals surface area contributed by atoms with E-state index in [9.17, 15) is 9.18 Å². The Morgan fingerprint density at radius 3 is 2.96 bits per heavy atom. The van der Waals surface area contributed by atoms with Crippen LogP contribution in [0.1, 0.15) is 12.8 Å². The van der Waals surface area contributed by atoms with E-state index in [1.54, 1.807) is 6.07 Å². The van der Waals surface area contributed by atoms with Crippen molar-refractivity contribution in [2.45, 2.75) is 12.8 Å². The number of nitrogens with zero attached hydrogens (tertiary/aromatic N) is 3. The highest BCUT2D eigenvalue weighted by atomic mass is 32.1. The van der Waals surface area contributed by atoms with Crippen molar-refractivity contribution in [3.63, 3.8) is 0 Å². The Bertz CT molecular complexity index is 745. The van der Waals surface area contributed by atoms with Gasteiger partial charge in [-0.1, -0.05) is 11.3 Å². The van der Waals surface area contributed by atoms with Gasteiger partial charge in [-0.15, -0.1) is 0 Å². The molecule has 0 N–H and O–H groups in total. The highest BCUT2D eigenvalue weighted by molar-refractivity contribution is 7.22. The van der Waals surface area contributed by atoms with Gasteiger partial charge in [0.25, 0.3) is 0 Å². The first-order chi connectivity index (χ1) is 11.7. The Kier molecular flexibility index (Phi) is 4.37. The number of aromatic nitrogens is 1. The largest absolute Gasteiger partial charge is 0.378 e. The number of thiazole rings is 1. The normalized spacial score (nSPS) is 22.1. The number of ether oxygens (including phenoxy) is 1. The quantitative estimate of drug-likeness (QED) is 0.836. The van der Waals surface area contributed by atoms with Gasteiger partial charge in [0.1, 0.15) is 5.82 Å². The Hall–Kier alpha value is -1.73. The van der Waals surface area contributed by atoms with Crippen molar-refractivity contribution in [2.24, 2.45) is 5.92 Å². The van der Waals surface area contributed by atoms with E-state index in [1.807, 2.05) is 4.90 Å². The second-order valence-electron chi connectivity index (χ2n) is 6.33. The SMILES string of the molecule is O=C(C1CCCN(c2nc3ccc(F)cc3s2)C1)N1CCOCC1. The van der Waals surface area contributed by atoms with Crippen LogP contribution in [0.5, 0.6) is 0 Å². The van der Waals surface area contributed by atoms with Crippen LogP contribution in [0.4, 0.5) is 9.52 Å². The summed E-state index contributed by atoms with van der Waals surface area (Å²) in [5.41, 5.74) is 0.818. The topological polar surface area (TPSA) is 45.7 Å². The predicted molar refractivity (Wildman–Crippen MR) is 91.9 cm³/mol. The van der Waals surface area contributed by atoms with Crippen LogP contribution >= 0.6 is 11.3 Å². The minimum Gasteiger partial charge on any atom is -0.378 e. The van der Waals surface area contributed by atoms with E-state index in [0.717, 1.165) is 34.7 Å². The number of carbonyl (C=O) groups excluding carboxylic acids is 1. The van der Waals surface area contributed by atoms with Crippen LogP contribution in [-0.4, -0.2) is 55.2 Å². The molecule has 0 bridgehead atoms. The number of anilines is 1. The molecule has 3 heterocycles. The molecule has 4 rings (SSSR count). The van der Waals surface area contributed by atoms with E-state index in [-0.39, 0.29) is 17.6 Å². The zero-order valence-corrected chi connectivity index (χ0v) is 14.2. The molecule has 24 heavy (non-hydrogen) atoms. The summed E-state index contributed by atoms with van der Waals surface area (Å²) in [6.45, 7) is 4.23. The zero-order chi connectivity index (χ0) is 16.5. The van der Waals surface area contributed by atoms with Gasteiger partial charge in [-0.2, -0.15) is 0 Å². The van der Waals surface area contributed by atoms with E-state index in [4.69, 9.17) is 4.74 Å². The van der Waals surface area contributed by atoms with Gasteiger partial charge >= 0.3 is 0 Å². The van der Waals surface area contributed by atoms with Gasteiger partial charge in [0.2, 0.25) is 5.91 Å². The Morgan fingerprint density at radius 1 is 1.29 bits per heavy atom. The van der Waals surface area contributed by atoms with Crippen LogP contribution < -0.4 is 4.90 Å². The maximum absolute atomic E-state index is 13.4. The molecule has 2 fully saturated rings. The molecule has 1 aromatic carbocycles. The minimum absolute atomic E-state index is 0.0144. The molecule has 5 nitrogen and oxygen atoms in total. The third-order valence-electron chi connectivity index (χ3n) is 4.70. The number of fused-ring (bicyclic) bond motifs is 1. The first-order valence-corrected chi connectivity index (χ1v) is 9.20. The summed E-state index contributed by atoms with van der Waals surface area (Å²) in [4.78, 5) is 21.4. The third-order valence-corrected chi connectivity index (χ3v) is 5.78. The monoisotopic (exact) mass is 349 g/mol. The van der Waals surface area contributed by atoms with Crippen molar-refractivity contribution >= 4 is 32.6 Å². The molecule has 1 unspecified atom stereocenters. The highest BCUT2D eigenvalue weighted by Gasteiger charge is 2.31. The molecule has 0 radical (unpaired) electrons. The number of halogens is 1. The number of piperidine rings is 1. The highest BCUT2D eigenvalue weighted by Crippen LogP contribution is 2.32. The van der Waals surface area contributed by atoms with Crippen LogP contribution in [0.15, 0.2) is 18.2 Å². The second kappa shape index (κ2) is 6.64. The molecule has 2 aliphatic heterocycles. The smallest absolute Gasteiger partial charge is 0.227 e. The molecule has 2 aliphatic rings. The number of rotatable bonds is 2. The van der Waals surface area contributed by atoms with Gasteiger partial charge in [0.15, 0.2) is 5.13 Å². The molecular formula is C17H20FN3O2S. The summed E-state index contributed by atoms with van der Waals surface area (Å²) in [6.07, 6.45) is 1.90. The molecule has 2 aromatic rings. The summed E-state index contributed by atoms with van der Waals surface area (Å²) in [6, 6.07) is 4.68. The molecule has 2 saturated heterocycles. The third kappa shape index (κ3) is 3.10. The number of amides is 1. The summed E-state index contributed by atoms with van der Waals surface area (Å²) in [5, 5.41) is 0.884. The average molecular weight is 349 g/mol. The molecule has 0 aliphatic carbocycles. The van der Waals surface area contributed by atoms with Gasteiger partial charge in [0.05, 0.1) is 29.3 Å². The Labute approximate surface area is 144 Å². The molecule has 1 atom stereocenters. The second-order valence-corrected chi connectivity index (χ2v) is 7.34. The Morgan fingerprint density at radius 2 is 2.12 bits per heavy atom. The van der Waals surface area contributed by atoms with Gasteiger partial charge < -0.3 is 14.5 Å². The summed E-state index contributed by atoms with van der Waals surface area (Å²) in [7, 11) is 0. The Balaban J connectivity index is 1.50. The summed E-state index contributed by atoms with van der Waals surface area (Å²) in [5.74, 6) is 0.00692. The van der Waals surface area contributed by atoms with Crippen molar-refractivity contribution in [1.29, 1.82) is 0 Å². The van der Waals surface area contributed by atoms with Crippen LogP contribution in [0.3, 0.4) is 0 Å². The van der Waals surface area contributed by atoms with E-state index in [0.29, 0.717) is 32.8 Å². The van der Waals surface area contributed by atoms with Crippen LogP contribution in [-0.2, 0) is 9.53 Å². The van der Waals surface area contributed by atoms with Gasteiger partial charge in [-0.3, -0.25) is 4.79 Å². The molecule has 7 heteroatoms. The summed E-state index contributed by atoms with van der Waals surface area (Å²) >= 11 is 1.50. The van der Waals surface area contributed by atoms with Crippen molar-refractivity contribution in [2.75, 3.05) is 44.3 Å². The molecule has 128 valence electrons. The van der Waals surface area contributed by atoms with Crippen molar-refractivity contribution < 1.29 is 13.9 Å². The lowest BCUT2D eigenvalue weighted by molar-refractivity contribution is -0.139. The lowest BCUT2D eigenvalue weighted by atomic mass is 9.96. The predicted octanol–water partition coefficient (Wildman–Crippen LogP) is 2.51. The number of hydrogen-bond donors (Lipinski definition) is 0. The van der Waals surface area contributed by atoms with E-state index in [2.05, 4.69) is 9.88 Å². The standard InChI is InChI=1S/C17H20FN3O2S/c18-13-3-4-14-15(10-13)24-17(19-14)21-5-1-2-12(11-21)16(22)20-6-8-23-9-7-20/h3-4,10,12H,1-2,5-9,11H2. The first-order valence-electron chi connectivity index (χ1n) is 8.38. The van der Waals surface area contributed by atoms with Gasteiger partial charge in [-0.05, 0) is 31.0 Å². The van der Waals surface area contributed by atoms with E-state index < -0.39 is 0 Å². The molecule has 0 saturated carbocycles. The van der Waals surface area contributed by atoms with Crippen LogP contribution in [0, 0.1) is 11.7 Å². The zero-order valence-electron chi connectivity index (χ0n) is 13.4. The first kappa shape index (κ1) is 15.8. The number of carbonyl (C=O) groups is 1. The molecule has 0 spiro atoms. The molecular weight excluding hydrogens is 329 g/mol. The van der Waals surface area contributed by atoms with Gasteiger partial charge in [-0.25, -0.2) is 9.37 Å². The van der Waals surface area contributed by atoms with Gasteiger partial charge in [0, 0.05) is 26.2 Å². The number of morpholine rings is 1. The lowest BCUT2D eigenvalue weighted by Crippen LogP contribution is -2.48. The van der Waals surface area contributed by atoms with Crippen molar-refractivity contribution in [3.8, 4) is 0 Å². The maximum atomic E-state index is 13.4. The molecule has 1 amide bonds. The van der Waals surface area contributed by atoms with Crippen LogP contribution in [0.2, 0.25) is 0 Å². The van der Waals surface area contributed by atoms with Crippen molar-refractivity contribution in [1.82, 2.24) is 9.88 Å². The van der Waals surface area contributed by atoms with Crippen LogP contribution in [0.25, 0.3) is 10.2 Å². The average Bonchev–Trinajstić information content (AvgIpc) is 3.05. The summed E-state index contributed by atoms with van der Waals surface area (Å²) < 4.78 is 19.5. The minimum atomic E-state index is -0.239. The fourth-order valence-electron chi connectivity index (χ4n) is 3.42. The number of benzene rings is 1. The van der Waals surface area contributed by atoms with Crippen molar-refractivity contribution in [3.05, 3.63) is 24.0 Å². The fourth-order valence-corrected chi connectivity index (χ4v) is 4.44. The molecule has 1 aromatic heterocycles. The lowest BCUT2D eigenvalue weighted by Gasteiger charge is -2.36. The fraction of sp³-hybridized carbons (Fsp3) is 0.529. The maximum Gasteiger partial charge on any atom is 0.227 e.